The molecule has 0 aliphatic rings. The summed E-state index contributed by atoms with van der Waals surface area (Å²) in [6.07, 6.45) is 0.861. The van der Waals surface area contributed by atoms with Crippen LogP contribution in [0.1, 0.15) is 20.3 Å². The van der Waals surface area contributed by atoms with Crippen molar-refractivity contribution < 1.29 is 14.1 Å². The highest BCUT2D eigenvalue weighted by Gasteiger charge is 2.10. The molecule has 0 aliphatic heterocycles. The second-order valence-corrected chi connectivity index (χ2v) is 4.11. The molecule has 0 aromatic carbocycles. The molecule has 0 aliphatic carbocycles. The molecule has 0 fully saturated rings. The first-order chi connectivity index (χ1) is 4.45. The van der Waals surface area contributed by atoms with E-state index in [-0.39, 0.29) is 6.04 Å². The highest BCUT2D eigenvalue weighted by atomic mass is 31.2. The van der Waals surface area contributed by atoms with E-state index in [1.165, 1.54) is 0 Å². The maximum atomic E-state index is 10.5. The van der Waals surface area contributed by atoms with Crippen LogP contribution in [-0.4, -0.2) is 17.6 Å². The summed E-state index contributed by atoms with van der Waals surface area (Å²) in [6, 6.07) is 0.112. The van der Waals surface area contributed by atoms with Gasteiger partial charge in [0.1, 0.15) is 0 Å². The fourth-order valence-electron chi connectivity index (χ4n) is 0.271. The molecule has 0 saturated carbocycles. The molecule has 62 valence electrons. The van der Waals surface area contributed by atoms with Crippen molar-refractivity contribution in [3.63, 3.8) is 0 Å². The van der Waals surface area contributed by atoms with Gasteiger partial charge >= 0.3 is 7.60 Å². The predicted molar refractivity (Wildman–Crippen MR) is 39.7 cm³/mol. The quantitative estimate of drug-likeness (QED) is 0.486. The Balaban J connectivity index is 3.46. The molecule has 10 heavy (non-hydrogen) atoms. The largest absolute Gasteiger partial charge is 0.341 e. The Hall–Kier alpha value is 0.110. The Bertz CT molecular complexity index is 133. The van der Waals surface area contributed by atoms with Crippen molar-refractivity contribution in [2.45, 2.75) is 26.3 Å². The summed E-state index contributed by atoms with van der Waals surface area (Å²) < 4.78 is 14.9. The minimum absolute atomic E-state index is 0.112. The molecule has 2 N–H and O–H groups in total. The normalized spacial score (nSPS) is 20.0. The minimum Gasteiger partial charge on any atom is -0.324 e. The number of hydrogen-bond donors (Lipinski definition) is 2. The van der Waals surface area contributed by atoms with Crippen LogP contribution in [-0.2, 0) is 9.19 Å². The van der Waals surface area contributed by atoms with Crippen LogP contribution in [0.5, 0.6) is 0 Å². The van der Waals surface area contributed by atoms with Crippen LogP contribution >= 0.6 is 7.60 Å². The Morgan fingerprint density at radius 2 is 2.30 bits per heavy atom. The zero-order chi connectivity index (χ0) is 8.20. The van der Waals surface area contributed by atoms with Crippen LogP contribution < -0.4 is 5.48 Å². The lowest BCUT2D eigenvalue weighted by molar-refractivity contribution is 0.139. The van der Waals surface area contributed by atoms with Gasteiger partial charge < -0.3 is 4.89 Å². The highest BCUT2D eigenvalue weighted by Crippen LogP contribution is 2.34. The third-order valence-corrected chi connectivity index (χ3v) is 1.48. The van der Waals surface area contributed by atoms with Crippen LogP contribution in [0, 0.1) is 0 Å². The van der Waals surface area contributed by atoms with Gasteiger partial charge in [0.15, 0.2) is 0 Å². The zero-order valence-electron chi connectivity index (χ0n) is 6.50. The van der Waals surface area contributed by atoms with Crippen LogP contribution in [0.3, 0.4) is 0 Å². The number of hydroxylamine groups is 1. The number of rotatable bonds is 4. The molecule has 0 bridgehead atoms. The standard InChI is InChI=1S/C5H14NO3P/c1-4-5(2)6-9-10(3,7)8/h5-6H,4H2,1-3H3,(H,7,8). The van der Waals surface area contributed by atoms with Crippen LogP contribution in [0.2, 0.25) is 0 Å². The van der Waals surface area contributed by atoms with Gasteiger partial charge in [0.2, 0.25) is 0 Å². The van der Waals surface area contributed by atoms with Crippen molar-refractivity contribution in [2.24, 2.45) is 0 Å². The summed E-state index contributed by atoms with van der Waals surface area (Å²) in [4.78, 5) is 8.63. The molecule has 0 rings (SSSR count). The molecule has 0 aromatic heterocycles. The zero-order valence-corrected chi connectivity index (χ0v) is 7.39. The van der Waals surface area contributed by atoms with Crippen molar-refractivity contribution in [1.82, 2.24) is 5.48 Å². The van der Waals surface area contributed by atoms with Crippen molar-refractivity contribution in [1.29, 1.82) is 0 Å². The molecule has 4 nitrogen and oxygen atoms in total. The monoisotopic (exact) mass is 167 g/mol. The van der Waals surface area contributed by atoms with E-state index in [9.17, 15) is 4.57 Å². The smallest absolute Gasteiger partial charge is 0.324 e. The minimum atomic E-state index is -3.34. The first kappa shape index (κ1) is 10.1. The number of hydrogen-bond acceptors (Lipinski definition) is 3. The molecule has 2 atom stereocenters. The molecule has 5 heteroatoms. The van der Waals surface area contributed by atoms with E-state index in [0.717, 1.165) is 13.1 Å². The lowest BCUT2D eigenvalue weighted by Crippen LogP contribution is -2.23. The molecule has 0 aromatic rings. The van der Waals surface area contributed by atoms with Gasteiger partial charge in [-0.25, -0.2) is 4.62 Å². The third-order valence-electron chi connectivity index (χ3n) is 1.04. The van der Waals surface area contributed by atoms with E-state index >= 15 is 0 Å². The second kappa shape index (κ2) is 4.09. The molecular weight excluding hydrogens is 153 g/mol. The van der Waals surface area contributed by atoms with Gasteiger partial charge in [0.05, 0.1) is 0 Å². The molecule has 2 unspecified atom stereocenters. The fourth-order valence-corrected chi connectivity index (χ4v) is 0.647. The van der Waals surface area contributed by atoms with Crippen molar-refractivity contribution in [3.8, 4) is 0 Å². The highest BCUT2D eigenvalue weighted by molar-refractivity contribution is 7.51. The van der Waals surface area contributed by atoms with Crippen LogP contribution in [0.15, 0.2) is 0 Å². The second-order valence-electron chi connectivity index (χ2n) is 2.32. The Kier molecular flexibility index (Phi) is 4.13. The Morgan fingerprint density at radius 3 is 2.60 bits per heavy atom. The van der Waals surface area contributed by atoms with Crippen molar-refractivity contribution in [2.75, 3.05) is 6.66 Å². The topological polar surface area (TPSA) is 58.6 Å². The van der Waals surface area contributed by atoms with E-state index in [1.807, 2.05) is 13.8 Å². The molecular formula is C5H14NO3P. The van der Waals surface area contributed by atoms with Crippen molar-refractivity contribution >= 4 is 7.60 Å². The summed E-state index contributed by atoms with van der Waals surface area (Å²) in [5, 5.41) is 0. The van der Waals surface area contributed by atoms with E-state index < -0.39 is 7.60 Å². The SMILES string of the molecule is CCC(C)NOP(C)(=O)O. The van der Waals surface area contributed by atoms with Gasteiger partial charge in [-0.1, -0.05) is 6.92 Å². The summed E-state index contributed by atoms with van der Waals surface area (Å²) in [5.74, 6) is 0. The van der Waals surface area contributed by atoms with E-state index in [0.29, 0.717) is 0 Å². The lowest BCUT2D eigenvalue weighted by atomic mass is 10.3. The Morgan fingerprint density at radius 1 is 1.80 bits per heavy atom. The Labute approximate surface area is 61.1 Å². The van der Waals surface area contributed by atoms with E-state index in [4.69, 9.17) is 4.89 Å². The molecule has 0 amide bonds. The number of nitrogens with one attached hydrogen (secondary N) is 1. The first-order valence-electron chi connectivity index (χ1n) is 3.20. The average Bonchev–Trinajstić information content (AvgIpc) is 1.81. The van der Waals surface area contributed by atoms with Crippen LogP contribution in [0.4, 0.5) is 0 Å². The molecule has 0 spiro atoms. The van der Waals surface area contributed by atoms with E-state index in [2.05, 4.69) is 10.1 Å². The molecule has 0 radical (unpaired) electrons. The van der Waals surface area contributed by atoms with Gasteiger partial charge in [-0.15, -0.1) is 0 Å². The summed E-state index contributed by atoms with van der Waals surface area (Å²) in [5.41, 5.74) is 2.46. The first-order valence-corrected chi connectivity index (χ1v) is 5.22. The van der Waals surface area contributed by atoms with Crippen molar-refractivity contribution in [3.05, 3.63) is 0 Å². The van der Waals surface area contributed by atoms with Crippen LogP contribution in [0.25, 0.3) is 0 Å². The fraction of sp³-hybridized carbons (Fsp3) is 1.00. The van der Waals surface area contributed by atoms with Gasteiger partial charge in [-0.3, -0.25) is 4.57 Å². The van der Waals surface area contributed by atoms with Gasteiger partial charge in [-0.05, 0) is 13.3 Å². The van der Waals surface area contributed by atoms with Gasteiger partial charge in [0.25, 0.3) is 0 Å². The average molecular weight is 167 g/mol. The molecule has 0 saturated heterocycles. The summed E-state index contributed by atoms with van der Waals surface area (Å²) in [6.45, 7) is 4.97. The van der Waals surface area contributed by atoms with Gasteiger partial charge in [-0.2, -0.15) is 5.48 Å². The summed E-state index contributed by atoms with van der Waals surface area (Å²) >= 11 is 0. The third kappa shape index (κ3) is 6.23. The molecule has 0 heterocycles. The summed E-state index contributed by atoms with van der Waals surface area (Å²) in [7, 11) is -3.34. The van der Waals surface area contributed by atoms with Gasteiger partial charge in [0, 0.05) is 12.7 Å². The maximum absolute atomic E-state index is 10.5. The van der Waals surface area contributed by atoms with E-state index in [1.54, 1.807) is 0 Å². The predicted octanol–water partition coefficient (Wildman–Crippen LogP) is 1.12. The lowest BCUT2D eigenvalue weighted by Gasteiger charge is -2.12. The maximum Gasteiger partial charge on any atom is 0.341 e.